The fourth-order valence-corrected chi connectivity index (χ4v) is 5.54. The van der Waals surface area contributed by atoms with E-state index in [1.807, 2.05) is 0 Å². The van der Waals surface area contributed by atoms with Crippen molar-refractivity contribution < 1.29 is 0 Å². The van der Waals surface area contributed by atoms with E-state index < -0.39 is 0 Å². The van der Waals surface area contributed by atoms with Crippen LogP contribution in [0.4, 0.5) is 0 Å². The molecule has 1 aromatic heterocycles. The SMILES string of the molecule is Cc1cnc(CCN)n1C1C2CC3CC(C2)CC1C3. The highest BCUT2D eigenvalue weighted by Gasteiger charge is 2.49. The predicted molar refractivity (Wildman–Crippen MR) is 75.8 cm³/mol. The lowest BCUT2D eigenvalue weighted by atomic mass is 9.54. The molecule has 4 fully saturated rings. The van der Waals surface area contributed by atoms with Gasteiger partial charge >= 0.3 is 0 Å². The normalized spacial score (nSPS) is 40.0. The van der Waals surface area contributed by atoms with Crippen LogP contribution in [0.3, 0.4) is 0 Å². The number of nitrogens with zero attached hydrogens (tertiary/aromatic N) is 2. The van der Waals surface area contributed by atoms with Gasteiger partial charge in [0.25, 0.3) is 0 Å². The number of aryl methyl sites for hydroxylation is 1. The van der Waals surface area contributed by atoms with Crippen LogP contribution in [0.15, 0.2) is 6.20 Å². The van der Waals surface area contributed by atoms with E-state index in [1.54, 1.807) is 0 Å². The molecule has 4 aliphatic carbocycles. The zero-order valence-electron chi connectivity index (χ0n) is 11.9. The smallest absolute Gasteiger partial charge is 0.110 e. The lowest BCUT2D eigenvalue weighted by Crippen LogP contribution is -2.46. The molecule has 0 aromatic carbocycles. The molecule has 0 amide bonds. The van der Waals surface area contributed by atoms with Crippen LogP contribution in [0, 0.1) is 30.6 Å². The predicted octanol–water partition coefficient (Wildman–Crippen LogP) is 2.69. The summed E-state index contributed by atoms with van der Waals surface area (Å²) in [4.78, 5) is 4.62. The Balaban J connectivity index is 1.70. The first-order chi connectivity index (χ1) is 9.26. The Morgan fingerprint density at radius 1 is 1.16 bits per heavy atom. The summed E-state index contributed by atoms with van der Waals surface area (Å²) in [5.41, 5.74) is 7.11. The zero-order valence-corrected chi connectivity index (χ0v) is 11.9. The number of hydrogen-bond donors (Lipinski definition) is 1. The molecule has 1 aromatic rings. The lowest BCUT2D eigenvalue weighted by Gasteiger charge is -2.55. The van der Waals surface area contributed by atoms with Gasteiger partial charge in [-0.25, -0.2) is 4.98 Å². The van der Waals surface area contributed by atoms with Gasteiger partial charge < -0.3 is 10.3 Å². The summed E-state index contributed by atoms with van der Waals surface area (Å²) in [5.74, 6) is 5.15. The molecule has 0 aliphatic heterocycles. The maximum absolute atomic E-state index is 5.76. The van der Waals surface area contributed by atoms with Crippen molar-refractivity contribution in [1.29, 1.82) is 0 Å². The summed E-state index contributed by atoms with van der Waals surface area (Å²) >= 11 is 0. The van der Waals surface area contributed by atoms with Crippen molar-refractivity contribution >= 4 is 0 Å². The Hall–Kier alpha value is -0.830. The minimum Gasteiger partial charge on any atom is -0.330 e. The van der Waals surface area contributed by atoms with Crippen LogP contribution in [-0.2, 0) is 6.42 Å². The number of aromatic nitrogens is 2. The average molecular weight is 259 g/mol. The van der Waals surface area contributed by atoms with Crippen molar-refractivity contribution in [2.24, 2.45) is 29.4 Å². The summed E-state index contributed by atoms with van der Waals surface area (Å²) in [6.45, 7) is 2.93. The summed E-state index contributed by atoms with van der Waals surface area (Å²) in [6, 6.07) is 0.733. The van der Waals surface area contributed by atoms with Crippen molar-refractivity contribution in [3.8, 4) is 0 Å². The molecule has 0 saturated heterocycles. The first-order valence-electron chi connectivity index (χ1n) is 7.99. The number of hydrogen-bond acceptors (Lipinski definition) is 2. The number of imidazole rings is 1. The quantitative estimate of drug-likeness (QED) is 0.907. The van der Waals surface area contributed by atoms with Gasteiger partial charge in [0.2, 0.25) is 0 Å². The molecule has 4 bridgehead atoms. The van der Waals surface area contributed by atoms with Crippen molar-refractivity contribution in [2.45, 2.75) is 51.5 Å². The molecule has 4 aliphatic rings. The molecule has 0 unspecified atom stereocenters. The molecule has 0 radical (unpaired) electrons. The maximum atomic E-state index is 5.76. The highest BCUT2D eigenvalue weighted by atomic mass is 15.1. The third kappa shape index (κ3) is 1.78. The van der Waals surface area contributed by atoms with Crippen LogP contribution >= 0.6 is 0 Å². The molecule has 4 saturated carbocycles. The molecule has 1 heterocycles. The Morgan fingerprint density at radius 2 is 1.79 bits per heavy atom. The van der Waals surface area contributed by atoms with Gasteiger partial charge in [-0.3, -0.25) is 0 Å². The van der Waals surface area contributed by atoms with Gasteiger partial charge in [0.15, 0.2) is 0 Å². The van der Waals surface area contributed by atoms with E-state index in [4.69, 9.17) is 5.73 Å². The Bertz CT molecular complexity index is 448. The van der Waals surface area contributed by atoms with Crippen molar-refractivity contribution in [1.82, 2.24) is 9.55 Å². The molecule has 5 rings (SSSR count). The summed E-state index contributed by atoms with van der Waals surface area (Å²) in [5, 5.41) is 0. The van der Waals surface area contributed by atoms with E-state index in [2.05, 4.69) is 22.7 Å². The number of nitrogens with two attached hydrogens (primary N) is 1. The molecular formula is C16H25N3. The van der Waals surface area contributed by atoms with E-state index in [0.29, 0.717) is 6.54 Å². The van der Waals surface area contributed by atoms with Gasteiger partial charge in [-0.1, -0.05) is 0 Å². The molecule has 3 nitrogen and oxygen atoms in total. The maximum Gasteiger partial charge on any atom is 0.110 e. The van der Waals surface area contributed by atoms with Crippen LogP contribution in [0.2, 0.25) is 0 Å². The largest absolute Gasteiger partial charge is 0.330 e. The highest BCUT2D eigenvalue weighted by molar-refractivity contribution is 5.11. The minimum atomic E-state index is 0.712. The van der Waals surface area contributed by atoms with E-state index >= 15 is 0 Å². The van der Waals surface area contributed by atoms with E-state index in [-0.39, 0.29) is 0 Å². The second-order valence-electron chi connectivity index (χ2n) is 7.15. The molecule has 0 spiro atoms. The Labute approximate surface area is 115 Å². The van der Waals surface area contributed by atoms with Gasteiger partial charge in [0, 0.05) is 24.4 Å². The van der Waals surface area contributed by atoms with Crippen LogP contribution < -0.4 is 5.73 Å². The van der Waals surface area contributed by atoms with Gasteiger partial charge in [-0.05, 0) is 69.2 Å². The van der Waals surface area contributed by atoms with E-state index in [9.17, 15) is 0 Å². The molecular weight excluding hydrogens is 234 g/mol. The highest BCUT2D eigenvalue weighted by Crippen LogP contribution is 2.58. The van der Waals surface area contributed by atoms with E-state index in [1.165, 1.54) is 43.6 Å². The monoisotopic (exact) mass is 259 g/mol. The summed E-state index contributed by atoms with van der Waals surface area (Å²) in [6.07, 6.45) is 10.4. The third-order valence-electron chi connectivity index (χ3n) is 5.90. The first kappa shape index (κ1) is 12.0. The average Bonchev–Trinajstić information content (AvgIpc) is 2.71. The van der Waals surface area contributed by atoms with Crippen LogP contribution in [-0.4, -0.2) is 16.1 Å². The van der Waals surface area contributed by atoms with Gasteiger partial charge in [-0.2, -0.15) is 0 Å². The van der Waals surface area contributed by atoms with Gasteiger partial charge in [-0.15, -0.1) is 0 Å². The standard InChI is InChI=1S/C16H25N3/c1-10-9-18-15(2-3-17)19(10)16-13-5-11-4-12(7-13)8-14(16)6-11/h9,11-14,16H,2-8,17H2,1H3. The molecule has 19 heavy (non-hydrogen) atoms. The second-order valence-corrected chi connectivity index (χ2v) is 7.15. The minimum absolute atomic E-state index is 0.712. The fraction of sp³-hybridized carbons (Fsp3) is 0.812. The van der Waals surface area contributed by atoms with Gasteiger partial charge in [0.05, 0.1) is 0 Å². The fourth-order valence-electron chi connectivity index (χ4n) is 5.54. The second kappa shape index (κ2) is 4.34. The van der Waals surface area contributed by atoms with Crippen molar-refractivity contribution in [3.05, 3.63) is 17.7 Å². The Kier molecular flexibility index (Phi) is 2.73. The molecule has 0 atom stereocenters. The van der Waals surface area contributed by atoms with Crippen LogP contribution in [0.25, 0.3) is 0 Å². The Morgan fingerprint density at radius 3 is 2.37 bits per heavy atom. The number of rotatable bonds is 3. The van der Waals surface area contributed by atoms with Crippen molar-refractivity contribution in [3.63, 3.8) is 0 Å². The summed E-state index contributed by atoms with van der Waals surface area (Å²) < 4.78 is 2.57. The van der Waals surface area contributed by atoms with Crippen molar-refractivity contribution in [2.75, 3.05) is 6.54 Å². The van der Waals surface area contributed by atoms with Crippen LogP contribution in [0.1, 0.15) is 49.7 Å². The molecule has 3 heteroatoms. The molecule has 104 valence electrons. The third-order valence-corrected chi connectivity index (χ3v) is 5.90. The first-order valence-corrected chi connectivity index (χ1v) is 7.99. The van der Waals surface area contributed by atoms with Crippen LogP contribution in [0.5, 0.6) is 0 Å². The lowest BCUT2D eigenvalue weighted by molar-refractivity contribution is -0.0307. The zero-order chi connectivity index (χ0) is 13.0. The molecule has 2 N–H and O–H groups in total. The van der Waals surface area contributed by atoms with E-state index in [0.717, 1.165) is 36.1 Å². The topological polar surface area (TPSA) is 43.8 Å². The van der Waals surface area contributed by atoms with Gasteiger partial charge in [0.1, 0.15) is 5.82 Å². The summed E-state index contributed by atoms with van der Waals surface area (Å²) in [7, 11) is 0.